The Hall–Kier alpha value is -2.36. The summed E-state index contributed by atoms with van der Waals surface area (Å²) in [5.74, 6) is 0. The smallest absolute Gasteiger partial charge is 0.317 e. The largest absolute Gasteiger partial charge is 0.322 e. The van der Waals surface area contributed by atoms with E-state index in [0.29, 0.717) is 0 Å². The molecule has 1 aromatic carbocycles. The molecule has 21 heavy (non-hydrogen) atoms. The Labute approximate surface area is 124 Å². The Kier molecular flexibility index (Phi) is 3.86. The summed E-state index contributed by atoms with van der Waals surface area (Å²) in [4.78, 5) is 18.3. The van der Waals surface area contributed by atoms with Crippen LogP contribution in [-0.4, -0.2) is 22.5 Å². The van der Waals surface area contributed by atoms with Gasteiger partial charge in [0.15, 0.2) is 0 Å². The van der Waals surface area contributed by atoms with E-state index in [-0.39, 0.29) is 12.1 Å². The van der Waals surface area contributed by atoms with Crippen molar-refractivity contribution in [2.24, 2.45) is 0 Å². The van der Waals surface area contributed by atoms with Gasteiger partial charge < -0.3 is 10.2 Å². The van der Waals surface area contributed by atoms with E-state index in [9.17, 15) is 4.79 Å². The van der Waals surface area contributed by atoms with E-state index in [4.69, 9.17) is 0 Å². The van der Waals surface area contributed by atoms with E-state index in [1.54, 1.807) is 24.5 Å². The van der Waals surface area contributed by atoms with Gasteiger partial charge in [-0.05, 0) is 37.5 Å². The second-order valence-corrected chi connectivity index (χ2v) is 5.43. The number of pyridine rings is 1. The predicted octanol–water partition coefficient (Wildman–Crippen LogP) is 3.76. The molecule has 1 aromatic heterocycles. The van der Waals surface area contributed by atoms with Gasteiger partial charge in [-0.2, -0.15) is 0 Å². The van der Waals surface area contributed by atoms with Gasteiger partial charge in [0.25, 0.3) is 0 Å². The molecule has 4 nitrogen and oxygen atoms in total. The number of hydrogen-bond acceptors (Lipinski definition) is 2. The highest BCUT2D eigenvalue weighted by atomic mass is 16.2. The number of hydrogen-bond donors (Lipinski definition) is 1. The summed E-state index contributed by atoms with van der Waals surface area (Å²) in [5, 5.41) is 2.94. The van der Waals surface area contributed by atoms with Gasteiger partial charge in [-0.15, -0.1) is 0 Å². The Morgan fingerprint density at radius 3 is 2.62 bits per heavy atom. The number of anilines is 1. The lowest BCUT2D eigenvalue weighted by Gasteiger charge is -2.25. The van der Waals surface area contributed by atoms with E-state index in [0.717, 1.165) is 25.1 Å². The zero-order valence-corrected chi connectivity index (χ0v) is 12.1. The van der Waals surface area contributed by atoms with Crippen LogP contribution in [0.15, 0.2) is 48.8 Å². The SMILES string of the molecule is Cc1ccc([C@@H]2CCCN2C(=O)Nc2ccncc2)cc1. The van der Waals surface area contributed by atoms with Crippen LogP contribution in [-0.2, 0) is 0 Å². The van der Waals surface area contributed by atoms with Crippen molar-refractivity contribution in [3.8, 4) is 0 Å². The quantitative estimate of drug-likeness (QED) is 0.911. The Morgan fingerprint density at radius 1 is 1.19 bits per heavy atom. The molecule has 0 spiro atoms. The first-order valence-electron chi connectivity index (χ1n) is 7.28. The molecule has 0 unspecified atom stereocenters. The van der Waals surface area contributed by atoms with Gasteiger partial charge >= 0.3 is 6.03 Å². The molecular weight excluding hydrogens is 262 g/mol. The third kappa shape index (κ3) is 3.05. The van der Waals surface area contributed by atoms with E-state index >= 15 is 0 Å². The number of nitrogens with one attached hydrogen (secondary N) is 1. The number of likely N-dealkylation sites (tertiary alicyclic amines) is 1. The lowest BCUT2D eigenvalue weighted by molar-refractivity contribution is 0.207. The average molecular weight is 281 g/mol. The first kappa shape index (κ1) is 13.6. The van der Waals surface area contributed by atoms with Crippen LogP contribution in [0.1, 0.15) is 30.0 Å². The van der Waals surface area contributed by atoms with Crippen LogP contribution < -0.4 is 5.32 Å². The van der Waals surface area contributed by atoms with Crippen LogP contribution in [0.25, 0.3) is 0 Å². The highest BCUT2D eigenvalue weighted by Crippen LogP contribution is 2.32. The van der Waals surface area contributed by atoms with Gasteiger partial charge in [0.2, 0.25) is 0 Å². The lowest BCUT2D eigenvalue weighted by atomic mass is 10.0. The van der Waals surface area contributed by atoms with E-state index < -0.39 is 0 Å². The van der Waals surface area contributed by atoms with Gasteiger partial charge in [-0.25, -0.2) is 4.79 Å². The number of rotatable bonds is 2. The number of aromatic nitrogens is 1. The molecular formula is C17H19N3O. The molecule has 4 heteroatoms. The van der Waals surface area contributed by atoms with Crippen LogP contribution >= 0.6 is 0 Å². The van der Waals surface area contributed by atoms with Gasteiger partial charge in [0.05, 0.1) is 6.04 Å². The molecule has 0 radical (unpaired) electrons. The van der Waals surface area contributed by atoms with Gasteiger partial charge in [-0.1, -0.05) is 29.8 Å². The molecule has 3 rings (SSSR count). The van der Waals surface area contributed by atoms with Crippen LogP contribution in [0.2, 0.25) is 0 Å². The molecule has 1 aliphatic heterocycles. The highest BCUT2D eigenvalue weighted by molar-refractivity contribution is 5.89. The fourth-order valence-corrected chi connectivity index (χ4v) is 2.78. The van der Waals surface area contributed by atoms with Crippen molar-refractivity contribution in [2.45, 2.75) is 25.8 Å². The van der Waals surface area contributed by atoms with Gasteiger partial charge in [-0.3, -0.25) is 4.98 Å². The summed E-state index contributed by atoms with van der Waals surface area (Å²) in [6, 6.07) is 12.2. The molecule has 2 aromatic rings. The third-order valence-electron chi connectivity index (χ3n) is 3.91. The molecule has 2 heterocycles. The average Bonchev–Trinajstić information content (AvgIpc) is 2.98. The van der Waals surface area contributed by atoms with Gasteiger partial charge in [0.1, 0.15) is 0 Å². The fraction of sp³-hybridized carbons (Fsp3) is 0.294. The monoisotopic (exact) mass is 281 g/mol. The van der Waals surface area contributed by atoms with Crippen molar-refractivity contribution in [1.82, 2.24) is 9.88 Å². The van der Waals surface area contributed by atoms with Crippen molar-refractivity contribution in [3.05, 3.63) is 59.9 Å². The minimum absolute atomic E-state index is 0.0377. The fourth-order valence-electron chi connectivity index (χ4n) is 2.78. The first-order valence-corrected chi connectivity index (χ1v) is 7.28. The summed E-state index contributed by atoms with van der Waals surface area (Å²) in [7, 11) is 0. The molecule has 0 bridgehead atoms. The molecule has 0 saturated carbocycles. The molecule has 1 atom stereocenters. The highest BCUT2D eigenvalue weighted by Gasteiger charge is 2.29. The summed E-state index contributed by atoms with van der Waals surface area (Å²) >= 11 is 0. The number of amides is 2. The Bertz CT molecular complexity index is 610. The second-order valence-electron chi connectivity index (χ2n) is 5.43. The zero-order valence-electron chi connectivity index (χ0n) is 12.1. The maximum absolute atomic E-state index is 12.5. The molecule has 1 fully saturated rings. The maximum Gasteiger partial charge on any atom is 0.322 e. The minimum atomic E-state index is -0.0377. The number of benzene rings is 1. The summed E-state index contributed by atoms with van der Waals surface area (Å²) < 4.78 is 0. The second kappa shape index (κ2) is 5.95. The van der Waals surface area contributed by atoms with E-state index in [2.05, 4.69) is 41.5 Å². The van der Waals surface area contributed by atoms with E-state index in [1.807, 2.05) is 4.90 Å². The lowest BCUT2D eigenvalue weighted by Crippen LogP contribution is -2.34. The Morgan fingerprint density at radius 2 is 1.90 bits per heavy atom. The van der Waals surface area contributed by atoms with Gasteiger partial charge in [0, 0.05) is 24.6 Å². The maximum atomic E-state index is 12.5. The number of carbonyl (C=O) groups excluding carboxylic acids is 1. The molecule has 1 aliphatic rings. The molecule has 0 aliphatic carbocycles. The summed E-state index contributed by atoms with van der Waals surface area (Å²) in [6.07, 6.45) is 5.42. The van der Waals surface area contributed by atoms with E-state index in [1.165, 1.54) is 11.1 Å². The van der Waals surface area contributed by atoms with Crippen molar-refractivity contribution in [3.63, 3.8) is 0 Å². The molecule has 1 N–H and O–H groups in total. The molecule has 108 valence electrons. The molecule has 2 amide bonds. The predicted molar refractivity (Wildman–Crippen MR) is 83.1 cm³/mol. The minimum Gasteiger partial charge on any atom is -0.317 e. The number of nitrogens with zero attached hydrogens (tertiary/aromatic N) is 2. The van der Waals surface area contributed by atoms with Crippen molar-refractivity contribution < 1.29 is 4.79 Å². The summed E-state index contributed by atoms with van der Waals surface area (Å²) in [5.41, 5.74) is 3.23. The first-order chi connectivity index (χ1) is 10.2. The topological polar surface area (TPSA) is 45.2 Å². The van der Waals surface area contributed by atoms with Crippen LogP contribution in [0.5, 0.6) is 0 Å². The van der Waals surface area contributed by atoms with Crippen molar-refractivity contribution in [2.75, 3.05) is 11.9 Å². The van der Waals surface area contributed by atoms with Crippen LogP contribution in [0, 0.1) is 6.92 Å². The Balaban J connectivity index is 1.74. The standard InChI is InChI=1S/C17H19N3O/c1-13-4-6-14(7-5-13)16-3-2-12-20(16)17(21)19-15-8-10-18-11-9-15/h4-11,16H,2-3,12H2,1H3,(H,18,19,21)/t16-/m0/s1. The van der Waals surface area contributed by atoms with Crippen LogP contribution in [0.3, 0.4) is 0 Å². The normalized spacial score (nSPS) is 17.8. The number of carbonyl (C=O) groups is 1. The number of aryl methyl sites for hydroxylation is 1. The third-order valence-corrected chi connectivity index (χ3v) is 3.91. The van der Waals surface area contributed by atoms with Crippen molar-refractivity contribution >= 4 is 11.7 Å². The zero-order chi connectivity index (χ0) is 14.7. The van der Waals surface area contributed by atoms with Crippen molar-refractivity contribution in [1.29, 1.82) is 0 Å². The molecule has 1 saturated heterocycles. The summed E-state index contributed by atoms with van der Waals surface area (Å²) in [6.45, 7) is 2.88. The van der Waals surface area contributed by atoms with Crippen LogP contribution in [0.4, 0.5) is 10.5 Å². The number of urea groups is 1.